The highest BCUT2D eigenvalue weighted by Gasteiger charge is 2.15. The lowest BCUT2D eigenvalue weighted by atomic mass is 10.1. The van der Waals surface area contributed by atoms with Crippen LogP contribution in [-0.2, 0) is 4.79 Å². The van der Waals surface area contributed by atoms with Crippen molar-refractivity contribution in [3.8, 4) is 0 Å². The Hall–Kier alpha value is -0.310. The number of allylic oxidation sites excluding steroid dienone is 2. The van der Waals surface area contributed by atoms with Gasteiger partial charge in [-0.15, -0.1) is 0 Å². The molecule has 0 saturated heterocycles. The van der Waals surface area contributed by atoms with Gasteiger partial charge < -0.3 is 4.90 Å². The summed E-state index contributed by atoms with van der Waals surface area (Å²) in [6, 6.07) is 0.328. The maximum Gasteiger partial charge on any atom is 0.222 e. The Kier molecular flexibility index (Phi) is 17.3. The number of rotatable bonds is 16. The highest BCUT2D eigenvalue weighted by Crippen LogP contribution is 2.10. The maximum absolute atomic E-state index is 12.3. The quantitative estimate of drug-likeness (QED) is 0.157. The van der Waals surface area contributed by atoms with Crippen LogP contribution in [-0.4, -0.2) is 28.7 Å². The van der Waals surface area contributed by atoms with E-state index < -0.39 is 0 Å². The first kappa shape index (κ1) is 23.7. The fourth-order valence-electron chi connectivity index (χ4n) is 2.83. The summed E-state index contributed by atoms with van der Waals surface area (Å²) < 4.78 is 0. The Balaban J connectivity index is 3.71. The molecule has 0 N–H and O–H groups in total. The molecule has 0 aromatic rings. The molecule has 0 spiro atoms. The van der Waals surface area contributed by atoms with Crippen molar-refractivity contribution in [2.75, 3.05) is 11.9 Å². The third-order valence-electron chi connectivity index (χ3n) is 4.38. The van der Waals surface area contributed by atoms with E-state index in [0.717, 1.165) is 37.6 Å². The van der Waals surface area contributed by atoms with Gasteiger partial charge in [0, 0.05) is 24.3 Å². The number of nitrogens with zero attached hydrogens (tertiary/aromatic N) is 1. The van der Waals surface area contributed by atoms with Gasteiger partial charge in [-0.2, -0.15) is 0 Å². The van der Waals surface area contributed by atoms with E-state index in [1.165, 1.54) is 51.4 Å². The smallest absolute Gasteiger partial charge is 0.222 e. The third-order valence-corrected chi connectivity index (χ3v) is 4.94. The monoisotopic (exact) mass is 401 g/mol. The molecular formula is C21H40BrNO. The van der Waals surface area contributed by atoms with Gasteiger partial charge in [0.2, 0.25) is 5.91 Å². The molecule has 0 fully saturated rings. The van der Waals surface area contributed by atoms with Crippen molar-refractivity contribution in [1.29, 1.82) is 0 Å². The summed E-state index contributed by atoms with van der Waals surface area (Å²) in [7, 11) is 0. The molecule has 0 aromatic heterocycles. The zero-order valence-corrected chi connectivity index (χ0v) is 18.0. The summed E-state index contributed by atoms with van der Waals surface area (Å²) in [5.74, 6) is 0.345. The zero-order chi connectivity index (χ0) is 18.0. The van der Waals surface area contributed by atoms with Crippen LogP contribution in [0.15, 0.2) is 12.2 Å². The first-order chi connectivity index (χ1) is 11.6. The maximum atomic E-state index is 12.3. The van der Waals surface area contributed by atoms with Gasteiger partial charge in [0.15, 0.2) is 0 Å². The predicted molar refractivity (Wildman–Crippen MR) is 111 cm³/mol. The van der Waals surface area contributed by atoms with Gasteiger partial charge in [0.25, 0.3) is 0 Å². The molecule has 0 aliphatic carbocycles. The second kappa shape index (κ2) is 17.5. The number of carbonyl (C=O) groups is 1. The van der Waals surface area contributed by atoms with E-state index in [0.29, 0.717) is 11.9 Å². The van der Waals surface area contributed by atoms with Gasteiger partial charge in [-0.3, -0.25) is 4.79 Å². The van der Waals surface area contributed by atoms with Crippen molar-refractivity contribution in [2.24, 2.45) is 0 Å². The number of hydrogen-bond donors (Lipinski definition) is 0. The van der Waals surface area contributed by atoms with Crippen LogP contribution in [0, 0.1) is 0 Å². The van der Waals surface area contributed by atoms with Crippen molar-refractivity contribution in [3.63, 3.8) is 0 Å². The average molecular weight is 402 g/mol. The van der Waals surface area contributed by atoms with Crippen molar-refractivity contribution >= 4 is 21.8 Å². The van der Waals surface area contributed by atoms with Gasteiger partial charge >= 0.3 is 0 Å². The second-order valence-electron chi connectivity index (χ2n) is 7.00. The Morgan fingerprint density at radius 1 is 0.917 bits per heavy atom. The Morgan fingerprint density at radius 3 is 2.12 bits per heavy atom. The summed E-state index contributed by atoms with van der Waals surface area (Å²) in [4.78, 5) is 14.4. The zero-order valence-electron chi connectivity index (χ0n) is 16.4. The standard InChI is InChI=1S/C21H40BrNO/c1-4-5-14-17-21(24)23(20(2)3)19-16-13-11-9-7-6-8-10-12-15-18-22/h7,9,20H,4-6,8,10-19H2,1-3H3. The Labute approximate surface area is 159 Å². The minimum Gasteiger partial charge on any atom is -0.340 e. The van der Waals surface area contributed by atoms with Crippen LogP contribution in [0.25, 0.3) is 0 Å². The summed E-state index contributed by atoms with van der Waals surface area (Å²) in [5, 5.41) is 1.14. The largest absolute Gasteiger partial charge is 0.340 e. The summed E-state index contributed by atoms with van der Waals surface area (Å²) in [5.41, 5.74) is 0. The van der Waals surface area contributed by atoms with Gasteiger partial charge in [-0.25, -0.2) is 0 Å². The van der Waals surface area contributed by atoms with Crippen LogP contribution in [0.1, 0.15) is 97.8 Å². The van der Waals surface area contributed by atoms with Crippen molar-refractivity contribution in [2.45, 2.75) is 104 Å². The highest BCUT2D eigenvalue weighted by molar-refractivity contribution is 9.09. The fourth-order valence-corrected chi connectivity index (χ4v) is 3.23. The van der Waals surface area contributed by atoms with Crippen LogP contribution in [0.4, 0.5) is 0 Å². The molecule has 24 heavy (non-hydrogen) atoms. The lowest BCUT2D eigenvalue weighted by Crippen LogP contribution is -2.37. The average Bonchev–Trinajstić information content (AvgIpc) is 2.55. The van der Waals surface area contributed by atoms with Crippen molar-refractivity contribution < 1.29 is 4.79 Å². The Morgan fingerprint density at radius 2 is 1.54 bits per heavy atom. The van der Waals surface area contributed by atoms with E-state index in [9.17, 15) is 4.79 Å². The lowest BCUT2D eigenvalue weighted by Gasteiger charge is -2.27. The van der Waals surface area contributed by atoms with Crippen molar-refractivity contribution in [1.82, 2.24) is 4.90 Å². The van der Waals surface area contributed by atoms with Gasteiger partial charge in [0.1, 0.15) is 0 Å². The lowest BCUT2D eigenvalue weighted by molar-refractivity contribution is -0.133. The fraction of sp³-hybridized carbons (Fsp3) is 0.857. The van der Waals surface area contributed by atoms with Crippen molar-refractivity contribution in [3.05, 3.63) is 12.2 Å². The van der Waals surface area contributed by atoms with Gasteiger partial charge in [0.05, 0.1) is 0 Å². The van der Waals surface area contributed by atoms with Crippen LogP contribution in [0.3, 0.4) is 0 Å². The molecule has 0 heterocycles. The molecule has 0 atom stereocenters. The molecular weight excluding hydrogens is 362 g/mol. The van der Waals surface area contributed by atoms with Gasteiger partial charge in [-0.1, -0.05) is 60.7 Å². The molecule has 0 rings (SSSR count). The molecule has 0 aromatic carbocycles. The van der Waals surface area contributed by atoms with E-state index in [1.54, 1.807) is 0 Å². The number of unbranched alkanes of at least 4 members (excludes halogenated alkanes) is 8. The van der Waals surface area contributed by atoms with E-state index in [1.807, 2.05) is 0 Å². The Bertz CT molecular complexity index is 315. The summed E-state index contributed by atoms with van der Waals surface area (Å²) in [6.45, 7) is 7.37. The molecule has 0 aliphatic rings. The molecule has 0 radical (unpaired) electrons. The molecule has 0 aliphatic heterocycles. The highest BCUT2D eigenvalue weighted by atomic mass is 79.9. The van der Waals surface area contributed by atoms with Crippen LogP contribution in [0.2, 0.25) is 0 Å². The summed E-state index contributed by atoms with van der Waals surface area (Å²) in [6.07, 6.45) is 18.7. The minimum atomic E-state index is 0.328. The van der Waals surface area contributed by atoms with Crippen LogP contribution in [0.5, 0.6) is 0 Å². The topological polar surface area (TPSA) is 20.3 Å². The molecule has 3 heteroatoms. The molecule has 1 amide bonds. The van der Waals surface area contributed by atoms with Gasteiger partial charge in [-0.05, 0) is 58.8 Å². The minimum absolute atomic E-state index is 0.328. The van der Waals surface area contributed by atoms with E-state index >= 15 is 0 Å². The summed E-state index contributed by atoms with van der Waals surface area (Å²) >= 11 is 3.47. The van der Waals surface area contributed by atoms with Crippen LogP contribution < -0.4 is 0 Å². The van der Waals surface area contributed by atoms with Crippen LogP contribution >= 0.6 is 15.9 Å². The molecule has 0 bridgehead atoms. The predicted octanol–water partition coefficient (Wildman–Crippen LogP) is 6.88. The van der Waals surface area contributed by atoms with E-state index in [2.05, 4.69) is 53.8 Å². The molecule has 0 saturated carbocycles. The third kappa shape index (κ3) is 14.1. The first-order valence-electron chi connectivity index (χ1n) is 10.1. The number of alkyl halides is 1. The number of carbonyl (C=O) groups excluding carboxylic acids is 1. The first-order valence-corrected chi connectivity index (χ1v) is 11.3. The number of amides is 1. The SMILES string of the molecule is CCCCCC(=O)N(CCCCC=CCCCCCCBr)C(C)C. The number of hydrogen-bond acceptors (Lipinski definition) is 1. The molecule has 2 nitrogen and oxygen atoms in total. The van der Waals surface area contributed by atoms with E-state index in [4.69, 9.17) is 0 Å². The van der Waals surface area contributed by atoms with E-state index in [-0.39, 0.29) is 0 Å². The molecule has 142 valence electrons. The molecule has 0 unspecified atom stereocenters. The normalized spacial score (nSPS) is 11.5. The second-order valence-corrected chi connectivity index (χ2v) is 7.79. The number of halogens is 1.